The first kappa shape index (κ1) is 23.8. The summed E-state index contributed by atoms with van der Waals surface area (Å²) in [4.78, 5) is 0. The van der Waals surface area contributed by atoms with E-state index in [1.807, 2.05) is 13.8 Å². The van der Waals surface area contributed by atoms with Gasteiger partial charge in [0, 0.05) is 0 Å². The van der Waals surface area contributed by atoms with Crippen LogP contribution in [0.15, 0.2) is 11.6 Å². The number of fused-ring (bicyclic) bond motifs is 5. The van der Waals surface area contributed by atoms with E-state index in [2.05, 4.69) is 33.8 Å². The van der Waals surface area contributed by atoms with E-state index >= 15 is 0 Å². The Morgan fingerprint density at radius 1 is 1.10 bits per heavy atom. The highest BCUT2D eigenvalue weighted by Crippen LogP contribution is 2.67. The Morgan fingerprint density at radius 3 is 2.55 bits per heavy atom. The van der Waals surface area contributed by atoms with E-state index in [0.717, 1.165) is 61.7 Å². The average Bonchev–Trinajstić information content (AvgIpc) is 3.05. The summed E-state index contributed by atoms with van der Waals surface area (Å²) in [6.45, 7) is 13.8. The topological polar surface area (TPSA) is 40.5 Å². The Labute approximate surface area is 192 Å². The predicted molar refractivity (Wildman–Crippen MR) is 130 cm³/mol. The molecule has 3 saturated carbocycles. The molecule has 0 aliphatic heterocycles. The van der Waals surface area contributed by atoms with Crippen LogP contribution in [-0.2, 0) is 0 Å². The summed E-state index contributed by atoms with van der Waals surface area (Å²) < 4.78 is 0. The van der Waals surface area contributed by atoms with Crippen molar-refractivity contribution < 1.29 is 10.2 Å². The third kappa shape index (κ3) is 4.18. The highest BCUT2D eigenvalue weighted by atomic mass is 16.3. The number of hydrogen-bond acceptors (Lipinski definition) is 2. The summed E-state index contributed by atoms with van der Waals surface area (Å²) in [7, 11) is 0. The maximum Gasteiger partial charge on any atom is 0.0657 e. The monoisotopic (exact) mass is 430 g/mol. The minimum atomic E-state index is -0.488. The number of rotatable bonds is 6. The molecule has 3 fully saturated rings. The molecule has 0 bridgehead atoms. The minimum absolute atomic E-state index is 0.335. The highest BCUT2D eigenvalue weighted by Gasteiger charge is 2.59. The number of hydrogen-bond donors (Lipinski definition) is 2. The summed E-state index contributed by atoms with van der Waals surface area (Å²) in [5.74, 6) is 4.20. The normalized spacial score (nSPS) is 47.5. The fourth-order valence-electron chi connectivity index (χ4n) is 8.96. The molecule has 2 nitrogen and oxygen atoms in total. The van der Waals surface area contributed by atoms with E-state index in [9.17, 15) is 10.2 Å². The van der Waals surface area contributed by atoms with Gasteiger partial charge in [-0.05, 0) is 118 Å². The van der Waals surface area contributed by atoms with E-state index in [1.54, 1.807) is 5.57 Å². The van der Waals surface area contributed by atoms with E-state index in [4.69, 9.17) is 0 Å². The lowest BCUT2D eigenvalue weighted by molar-refractivity contribution is -0.0707. The summed E-state index contributed by atoms with van der Waals surface area (Å²) in [5, 5.41) is 21.1. The van der Waals surface area contributed by atoms with Crippen LogP contribution < -0.4 is 0 Å². The van der Waals surface area contributed by atoms with Crippen molar-refractivity contribution in [2.75, 3.05) is 0 Å². The van der Waals surface area contributed by atoms with Gasteiger partial charge in [-0.1, -0.05) is 52.2 Å². The van der Waals surface area contributed by atoms with Gasteiger partial charge in [-0.2, -0.15) is 0 Å². The quantitative estimate of drug-likeness (QED) is 0.434. The molecule has 0 aromatic rings. The third-order valence-electron chi connectivity index (χ3n) is 11.3. The van der Waals surface area contributed by atoms with Crippen LogP contribution in [0.3, 0.4) is 0 Å². The van der Waals surface area contributed by atoms with Gasteiger partial charge >= 0.3 is 0 Å². The summed E-state index contributed by atoms with van der Waals surface area (Å²) >= 11 is 0. The van der Waals surface area contributed by atoms with Gasteiger partial charge in [0.05, 0.1) is 11.2 Å². The first-order valence-corrected chi connectivity index (χ1v) is 13.6. The second-order valence-electron chi connectivity index (χ2n) is 13.4. The molecule has 4 rings (SSSR count). The average molecular weight is 431 g/mol. The summed E-state index contributed by atoms with van der Waals surface area (Å²) in [6, 6.07) is 0. The number of aliphatic hydroxyl groups is 2. The maximum absolute atomic E-state index is 10.7. The Balaban J connectivity index is 1.46. The molecular weight excluding hydrogens is 380 g/mol. The zero-order valence-corrected chi connectivity index (χ0v) is 21.3. The van der Waals surface area contributed by atoms with Gasteiger partial charge in [-0.15, -0.1) is 0 Å². The van der Waals surface area contributed by atoms with Gasteiger partial charge in [0.1, 0.15) is 0 Å². The zero-order chi connectivity index (χ0) is 22.7. The van der Waals surface area contributed by atoms with Crippen molar-refractivity contribution in [3.63, 3.8) is 0 Å². The molecule has 178 valence electrons. The van der Waals surface area contributed by atoms with E-state index in [1.165, 1.54) is 44.9 Å². The first-order chi connectivity index (χ1) is 14.4. The standard InChI is InChI=1S/C29H50O2/c1-7-26(3,30)15-8-9-20(2)23-12-13-24-22-11-10-21-19-27(4,31)17-18-28(21,5)25(22)14-16-29(23,24)6/h10,20,22-25,30-31H,7-9,11-19H2,1-6H3/t20-,22+,23-,24+,25+,26?,27+,28+,29-/m1/s1. The molecule has 0 aromatic heterocycles. The Kier molecular flexibility index (Phi) is 6.26. The first-order valence-electron chi connectivity index (χ1n) is 13.6. The molecule has 4 aliphatic carbocycles. The van der Waals surface area contributed by atoms with Gasteiger partial charge in [0.25, 0.3) is 0 Å². The van der Waals surface area contributed by atoms with Crippen LogP contribution in [0.5, 0.6) is 0 Å². The fourth-order valence-corrected chi connectivity index (χ4v) is 8.96. The van der Waals surface area contributed by atoms with Gasteiger partial charge in [-0.3, -0.25) is 0 Å². The van der Waals surface area contributed by atoms with Crippen LogP contribution >= 0.6 is 0 Å². The highest BCUT2D eigenvalue weighted by molar-refractivity contribution is 5.26. The largest absolute Gasteiger partial charge is 0.390 e. The lowest BCUT2D eigenvalue weighted by atomic mass is 9.46. The predicted octanol–water partition coefficient (Wildman–Crippen LogP) is 7.28. The molecule has 2 N–H and O–H groups in total. The molecule has 0 heterocycles. The van der Waals surface area contributed by atoms with Gasteiger partial charge < -0.3 is 10.2 Å². The van der Waals surface area contributed by atoms with Gasteiger partial charge in [-0.25, -0.2) is 0 Å². The summed E-state index contributed by atoms with van der Waals surface area (Å²) in [6.07, 6.45) is 16.7. The third-order valence-corrected chi connectivity index (χ3v) is 11.3. The van der Waals surface area contributed by atoms with Crippen molar-refractivity contribution in [1.82, 2.24) is 0 Å². The molecule has 0 aromatic carbocycles. The molecule has 0 radical (unpaired) electrons. The Bertz CT molecular complexity index is 691. The lowest BCUT2D eigenvalue weighted by Crippen LogP contribution is -2.52. The molecule has 0 amide bonds. The lowest BCUT2D eigenvalue weighted by Gasteiger charge is -2.59. The Morgan fingerprint density at radius 2 is 1.84 bits per heavy atom. The van der Waals surface area contributed by atoms with Crippen LogP contribution in [0.1, 0.15) is 119 Å². The smallest absolute Gasteiger partial charge is 0.0657 e. The van der Waals surface area contributed by atoms with Crippen LogP contribution in [0.2, 0.25) is 0 Å². The molecule has 31 heavy (non-hydrogen) atoms. The molecule has 4 aliphatic rings. The van der Waals surface area contributed by atoms with Crippen molar-refractivity contribution in [2.45, 2.75) is 130 Å². The van der Waals surface area contributed by atoms with Crippen molar-refractivity contribution in [2.24, 2.45) is 40.4 Å². The van der Waals surface area contributed by atoms with Crippen molar-refractivity contribution in [1.29, 1.82) is 0 Å². The van der Waals surface area contributed by atoms with E-state index in [0.29, 0.717) is 10.8 Å². The molecular formula is C29H50O2. The molecule has 0 spiro atoms. The van der Waals surface area contributed by atoms with Crippen molar-refractivity contribution >= 4 is 0 Å². The molecule has 9 atom stereocenters. The van der Waals surface area contributed by atoms with Crippen LogP contribution in [-0.4, -0.2) is 21.4 Å². The molecule has 0 saturated heterocycles. The summed E-state index contributed by atoms with van der Waals surface area (Å²) in [5.41, 5.74) is 1.46. The minimum Gasteiger partial charge on any atom is -0.390 e. The fraction of sp³-hybridized carbons (Fsp3) is 0.931. The van der Waals surface area contributed by atoms with E-state index in [-0.39, 0.29) is 0 Å². The van der Waals surface area contributed by atoms with Gasteiger partial charge in [0.15, 0.2) is 0 Å². The SMILES string of the molecule is CCC(C)(O)CCC[C@@H](C)[C@H]1CC[C@H]2[C@@H]3CC=C4C[C@@](C)(O)CC[C@]4(C)[C@H]3CC[C@]12C. The van der Waals surface area contributed by atoms with Gasteiger partial charge in [0.2, 0.25) is 0 Å². The van der Waals surface area contributed by atoms with Crippen LogP contribution in [0, 0.1) is 40.4 Å². The van der Waals surface area contributed by atoms with Crippen LogP contribution in [0.4, 0.5) is 0 Å². The number of allylic oxidation sites excluding steroid dienone is 1. The zero-order valence-electron chi connectivity index (χ0n) is 21.3. The molecule has 1 unspecified atom stereocenters. The Hall–Kier alpha value is -0.340. The molecule has 2 heteroatoms. The van der Waals surface area contributed by atoms with Crippen molar-refractivity contribution in [3.05, 3.63) is 11.6 Å². The second-order valence-corrected chi connectivity index (χ2v) is 13.4. The van der Waals surface area contributed by atoms with E-state index < -0.39 is 11.2 Å². The van der Waals surface area contributed by atoms with Crippen LogP contribution in [0.25, 0.3) is 0 Å². The second kappa shape index (κ2) is 8.15. The maximum atomic E-state index is 10.7. The van der Waals surface area contributed by atoms with Crippen molar-refractivity contribution in [3.8, 4) is 0 Å².